The van der Waals surface area contributed by atoms with E-state index in [4.69, 9.17) is 5.11 Å². The lowest BCUT2D eigenvalue weighted by Crippen LogP contribution is -2.05. The minimum atomic E-state index is -0.938. The van der Waals surface area contributed by atoms with Crippen molar-refractivity contribution in [1.29, 1.82) is 0 Å². The van der Waals surface area contributed by atoms with Crippen molar-refractivity contribution in [2.24, 2.45) is 0 Å². The van der Waals surface area contributed by atoms with Crippen LogP contribution in [-0.4, -0.2) is 21.8 Å². The Labute approximate surface area is 91.9 Å². The van der Waals surface area contributed by atoms with Crippen LogP contribution in [0.4, 0.5) is 0 Å². The average molecular weight is 217 g/mol. The molecule has 2 aromatic rings. The molecular weight excluding hydrogens is 206 g/mol. The Morgan fingerprint density at radius 1 is 1.31 bits per heavy atom. The molecule has 0 radical (unpaired) electrons. The number of carbonyl (C=O) groups excluding carboxylic acids is 1. The molecule has 0 bridgehead atoms. The number of carboxylic acids is 1. The van der Waals surface area contributed by atoms with Crippen molar-refractivity contribution in [3.63, 3.8) is 0 Å². The number of hydrogen-bond acceptors (Lipinski definition) is 2. The van der Waals surface area contributed by atoms with Gasteiger partial charge in [0.2, 0.25) is 0 Å². The molecule has 0 spiro atoms. The second-order valence-electron chi connectivity index (χ2n) is 3.65. The van der Waals surface area contributed by atoms with Gasteiger partial charge in [0.25, 0.3) is 0 Å². The highest BCUT2D eigenvalue weighted by molar-refractivity contribution is 6.02. The van der Waals surface area contributed by atoms with Crippen LogP contribution in [0.5, 0.6) is 0 Å². The predicted molar refractivity (Wildman–Crippen MR) is 59.6 cm³/mol. The lowest BCUT2D eigenvalue weighted by Gasteiger charge is -1.97. The number of rotatable bonds is 3. The number of hydrogen-bond donors (Lipinski definition) is 2. The highest BCUT2D eigenvalue weighted by Gasteiger charge is 2.16. The largest absolute Gasteiger partial charge is 0.481 e. The van der Waals surface area contributed by atoms with E-state index in [0.29, 0.717) is 11.3 Å². The zero-order chi connectivity index (χ0) is 11.7. The van der Waals surface area contributed by atoms with E-state index in [1.807, 2.05) is 24.3 Å². The van der Waals surface area contributed by atoms with Crippen molar-refractivity contribution in [2.45, 2.75) is 13.3 Å². The second-order valence-corrected chi connectivity index (χ2v) is 3.65. The summed E-state index contributed by atoms with van der Waals surface area (Å²) in [7, 11) is 0. The van der Waals surface area contributed by atoms with Crippen LogP contribution in [-0.2, 0) is 11.2 Å². The molecule has 2 rings (SSSR count). The summed E-state index contributed by atoms with van der Waals surface area (Å²) in [5.74, 6) is -1.08. The molecular formula is C12H11NO3. The molecule has 16 heavy (non-hydrogen) atoms. The smallest absolute Gasteiger partial charge is 0.307 e. The number of aromatic nitrogens is 1. The Morgan fingerprint density at radius 2 is 2.00 bits per heavy atom. The predicted octanol–water partition coefficient (Wildman–Crippen LogP) is 2.00. The van der Waals surface area contributed by atoms with Crippen LogP contribution >= 0.6 is 0 Å². The molecule has 1 heterocycles. The Hall–Kier alpha value is -2.10. The third-order valence-electron chi connectivity index (χ3n) is 2.49. The van der Waals surface area contributed by atoms with Gasteiger partial charge in [-0.1, -0.05) is 18.2 Å². The van der Waals surface area contributed by atoms with Gasteiger partial charge in [-0.2, -0.15) is 0 Å². The van der Waals surface area contributed by atoms with E-state index in [0.717, 1.165) is 10.9 Å². The van der Waals surface area contributed by atoms with Crippen molar-refractivity contribution in [3.05, 3.63) is 35.5 Å². The van der Waals surface area contributed by atoms with E-state index in [9.17, 15) is 9.59 Å². The van der Waals surface area contributed by atoms with E-state index in [-0.39, 0.29) is 12.2 Å². The number of ketones is 1. The van der Waals surface area contributed by atoms with Crippen molar-refractivity contribution in [1.82, 2.24) is 4.98 Å². The van der Waals surface area contributed by atoms with Gasteiger partial charge >= 0.3 is 5.97 Å². The third kappa shape index (κ3) is 1.69. The van der Waals surface area contributed by atoms with E-state index < -0.39 is 5.97 Å². The van der Waals surface area contributed by atoms with Gasteiger partial charge in [-0.25, -0.2) is 0 Å². The number of carbonyl (C=O) groups is 2. The molecule has 82 valence electrons. The van der Waals surface area contributed by atoms with E-state index in [1.165, 1.54) is 6.92 Å². The molecule has 1 aromatic heterocycles. The Bertz CT molecular complexity index is 569. The summed E-state index contributed by atoms with van der Waals surface area (Å²) in [6.45, 7) is 1.43. The summed E-state index contributed by atoms with van der Waals surface area (Å²) in [6, 6.07) is 7.31. The molecule has 0 fully saturated rings. The van der Waals surface area contributed by atoms with E-state index in [2.05, 4.69) is 4.98 Å². The summed E-state index contributed by atoms with van der Waals surface area (Å²) in [4.78, 5) is 25.1. The maximum absolute atomic E-state index is 11.4. The summed E-state index contributed by atoms with van der Waals surface area (Å²) < 4.78 is 0. The SMILES string of the molecule is CC(=O)c1[nH]c2ccccc2c1CC(=O)O. The fourth-order valence-corrected chi connectivity index (χ4v) is 1.84. The number of nitrogens with one attached hydrogen (secondary N) is 1. The minimum absolute atomic E-state index is 0.140. The highest BCUT2D eigenvalue weighted by atomic mass is 16.4. The van der Waals surface area contributed by atoms with Gasteiger partial charge in [0.05, 0.1) is 12.1 Å². The molecule has 2 N–H and O–H groups in total. The van der Waals surface area contributed by atoms with Crippen LogP contribution in [0.3, 0.4) is 0 Å². The number of aromatic amines is 1. The average Bonchev–Trinajstić information content (AvgIpc) is 2.57. The fraction of sp³-hybridized carbons (Fsp3) is 0.167. The van der Waals surface area contributed by atoms with Gasteiger partial charge in [0, 0.05) is 17.8 Å². The molecule has 0 aliphatic carbocycles. The first-order valence-electron chi connectivity index (χ1n) is 4.92. The van der Waals surface area contributed by atoms with Crippen molar-refractivity contribution in [2.75, 3.05) is 0 Å². The number of para-hydroxylation sites is 1. The zero-order valence-electron chi connectivity index (χ0n) is 8.78. The van der Waals surface area contributed by atoms with E-state index in [1.54, 1.807) is 0 Å². The van der Waals surface area contributed by atoms with Crippen LogP contribution in [0.2, 0.25) is 0 Å². The van der Waals surface area contributed by atoms with Crippen LogP contribution in [0.15, 0.2) is 24.3 Å². The monoisotopic (exact) mass is 217 g/mol. The molecule has 4 heteroatoms. The minimum Gasteiger partial charge on any atom is -0.481 e. The van der Waals surface area contributed by atoms with Gasteiger partial charge in [-0.05, 0) is 11.6 Å². The Morgan fingerprint density at radius 3 is 2.62 bits per heavy atom. The van der Waals surface area contributed by atoms with Crippen LogP contribution in [0, 0.1) is 0 Å². The number of fused-ring (bicyclic) bond motifs is 1. The van der Waals surface area contributed by atoms with E-state index >= 15 is 0 Å². The topological polar surface area (TPSA) is 70.2 Å². The molecule has 4 nitrogen and oxygen atoms in total. The number of Topliss-reactive ketones (excluding diaryl/α,β-unsaturated/α-hetero) is 1. The number of benzene rings is 1. The summed E-state index contributed by atoms with van der Waals surface area (Å²) >= 11 is 0. The van der Waals surface area contributed by atoms with Gasteiger partial charge in [0.1, 0.15) is 0 Å². The molecule has 0 amide bonds. The quantitative estimate of drug-likeness (QED) is 0.772. The summed E-state index contributed by atoms with van der Waals surface area (Å²) in [5, 5.41) is 9.63. The standard InChI is InChI=1S/C12H11NO3/c1-7(14)12-9(6-11(15)16)8-4-2-3-5-10(8)13-12/h2-5,13H,6H2,1H3,(H,15,16). The maximum atomic E-state index is 11.4. The summed E-state index contributed by atoms with van der Waals surface area (Å²) in [5.41, 5.74) is 1.75. The van der Waals surface area contributed by atoms with Gasteiger partial charge in [-0.3, -0.25) is 9.59 Å². The molecule has 0 aliphatic heterocycles. The molecule has 0 atom stereocenters. The first kappa shape index (κ1) is 10.4. The molecule has 0 aliphatic rings. The van der Waals surface area contributed by atoms with Crippen LogP contribution < -0.4 is 0 Å². The number of H-pyrrole nitrogens is 1. The zero-order valence-corrected chi connectivity index (χ0v) is 8.78. The van der Waals surface area contributed by atoms with Crippen molar-refractivity contribution >= 4 is 22.7 Å². The molecule has 0 saturated heterocycles. The Balaban J connectivity index is 2.69. The lowest BCUT2D eigenvalue weighted by molar-refractivity contribution is -0.136. The van der Waals surface area contributed by atoms with Gasteiger partial charge in [0.15, 0.2) is 5.78 Å². The van der Waals surface area contributed by atoms with Crippen LogP contribution in [0.25, 0.3) is 10.9 Å². The maximum Gasteiger partial charge on any atom is 0.307 e. The Kier molecular flexibility index (Phi) is 2.48. The molecule has 0 saturated carbocycles. The lowest BCUT2D eigenvalue weighted by atomic mass is 10.1. The first-order valence-corrected chi connectivity index (χ1v) is 4.92. The second kappa shape index (κ2) is 3.81. The van der Waals surface area contributed by atoms with Gasteiger partial charge in [-0.15, -0.1) is 0 Å². The number of aliphatic carboxylic acids is 1. The highest BCUT2D eigenvalue weighted by Crippen LogP contribution is 2.23. The van der Waals surface area contributed by atoms with Gasteiger partial charge < -0.3 is 10.1 Å². The molecule has 0 unspecified atom stereocenters. The van der Waals surface area contributed by atoms with Crippen LogP contribution in [0.1, 0.15) is 23.0 Å². The third-order valence-corrected chi connectivity index (χ3v) is 2.49. The molecule has 1 aromatic carbocycles. The fourth-order valence-electron chi connectivity index (χ4n) is 1.84. The van der Waals surface area contributed by atoms with Crippen molar-refractivity contribution < 1.29 is 14.7 Å². The number of carboxylic acid groups (broad SMARTS) is 1. The summed E-state index contributed by atoms with van der Waals surface area (Å²) in [6.07, 6.45) is -0.140. The van der Waals surface area contributed by atoms with Crippen molar-refractivity contribution in [3.8, 4) is 0 Å². The first-order chi connectivity index (χ1) is 7.59. The normalized spacial score (nSPS) is 10.6.